The predicted octanol–water partition coefficient (Wildman–Crippen LogP) is 3.89. The van der Waals surface area contributed by atoms with Gasteiger partial charge in [-0.3, -0.25) is 4.98 Å². The molecule has 0 atom stereocenters. The molecule has 0 saturated heterocycles. The zero-order valence-electron chi connectivity index (χ0n) is 8.82. The summed E-state index contributed by atoms with van der Waals surface area (Å²) in [4.78, 5) is 14.6. The summed E-state index contributed by atoms with van der Waals surface area (Å²) in [7, 11) is 0. The molecule has 2 rings (SSSR count). The van der Waals surface area contributed by atoms with Gasteiger partial charge in [-0.15, -0.1) is 0 Å². The van der Waals surface area contributed by atoms with E-state index >= 15 is 0 Å². The number of benzene rings is 1. The Bertz CT molecular complexity index is 631. The van der Waals surface area contributed by atoms with Crippen molar-refractivity contribution in [2.75, 3.05) is 0 Å². The second kappa shape index (κ2) is 4.92. The van der Waals surface area contributed by atoms with Crippen LogP contribution in [-0.4, -0.2) is 16.1 Å². The molecule has 18 heavy (non-hydrogen) atoms. The van der Waals surface area contributed by atoms with Crippen LogP contribution < -0.4 is 0 Å². The first-order chi connectivity index (χ1) is 8.50. The maximum absolute atomic E-state index is 14.0. The fourth-order valence-electron chi connectivity index (χ4n) is 1.48. The Balaban J connectivity index is 2.64. The van der Waals surface area contributed by atoms with E-state index < -0.39 is 17.3 Å². The Hall–Kier alpha value is -1.65. The molecule has 1 aromatic carbocycles. The molecule has 0 unspecified atom stereocenters. The van der Waals surface area contributed by atoms with Crippen molar-refractivity contribution >= 4 is 29.2 Å². The van der Waals surface area contributed by atoms with Crippen LogP contribution >= 0.6 is 23.2 Å². The van der Waals surface area contributed by atoms with Gasteiger partial charge in [0.1, 0.15) is 5.69 Å². The van der Waals surface area contributed by atoms with Crippen molar-refractivity contribution in [1.82, 2.24) is 4.98 Å². The van der Waals surface area contributed by atoms with E-state index in [9.17, 15) is 9.18 Å². The summed E-state index contributed by atoms with van der Waals surface area (Å²) in [5.41, 5.74) is -0.274. The van der Waals surface area contributed by atoms with Gasteiger partial charge in [0, 0.05) is 16.8 Å². The molecule has 0 aliphatic heterocycles. The smallest absolute Gasteiger partial charge is 0.338 e. The summed E-state index contributed by atoms with van der Waals surface area (Å²) < 4.78 is 14.0. The number of aromatic nitrogens is 1. The van der Waals surface area contributed by atoms with E-state index in [1.807, 2.05) is 0 Å². The van der Waals surface area contributed by atoms with Gasteiger partial charge in [-0.05, 0) is 24.3 Å². The third kappa shape index (κ3) is 2.30. The van der Waals surface area contributed by atoms with Crippen LogP contribution in [0.5, 0.6) is 0 Å². The molecule has 0 radical (unpaired) electrons. The molecule has 0 amide bonds. The van der Waals surface area contributed by atoms with Gasteiger partial charge in [0.2, 0.25) is 0 Å². The normalized spacial score (nSPS) is 10.4. The molecule has 1 N–H and O–H groups in total. The highest BCUT2D eigenvalue weighted by Gasteiger charge is 2.17. The predicted molar refractivity (Wildman–Crippen MR) is 66.6 cm³/mol. The van der Waals surface area contributed by atoms with Crippen LogP contribution in [0.15, 0.2) is 30.5 Å². The van der Waals surface area contributed by atoms with E-state index in [1.165, 1.54) is 24.4 Å². The third-order valence-corrected chi connectivity index (χ3v) is 2.85. The average molecular weight is 286 g/mol. The zero-order valence-corrected chi connectivity index (χ0v) is 10.3. The molecule has 2 aromatic rings. The fraction of sp³-hybridized carbons (Fsp3) is 0. The van der Waals surface area contributed by atoms with Crippen molar-refractivity contribution in [2.24, 2.45) is 0 Å². The van der Waals surface area contributed by atoms with Crippen LogP contribution in [0.25, 0.3) is 11.3 Å². The van der Waals surface area contributed by atoms with Crippen molar-refractivity contribution in [1.29, 1.82) is 0 Å². The Kier molecular flexibility index (Phi) is 3.50. The number of rotatable bonds is 2. The second-order valence-electron chi connectivity index (χ2n) is 3.45. The first-order valence-electron chi connectivity index (χ1n) is 4.84. The van der Waals surface area contributed by atoms with Crippen LogP contribution in [0, 0.1) is 5.82 Å². The van der Waals surface area contributed by atoms with Crippen LogP contribution in [0.1, 0.15) is 10.4 Å². The average Bonchev–Trinajstić information content (AvgIpc) is 2.30. The summed E-state index contributed by atoms with van der Waals surface area (Å²) in [5, 5.41) is 9.44. The van der Waals surface area contributed by atoms with E-state index in [2.05, 4.69) is 4.98 Å². The minimum absolute atomic E-state index is 0.114. The summed E-state index contributed by atoms with van der Waals surface area (Å²) >= 11 is 11.7. The summed E-state index contributed by atoms with van der Waals surface area (Å²) in [6.45, 7) is 0. The van der Waals surface area contributed by atoms with E-state index in [0.29, 0.717) is 10.6 Å². The van der Waals surface area contributed by atoms with Gasteiger partial charge >= 0.3 is 5.97 Å². The van der Waals surface area contributed by atoms with Gasteiger partial charge < -0.3 is 5.11 Å². The number of nitrogens with zero attached hydrogens (tertiary/aromatic N) is 1. The quantitative estimate of drug-likeness (QED) is 0.911. The van der Waals surface area contributed by atoms with Crippen molar-refractivity contribution in [2.45, 2.75) is 0 Å². The highest BCUT2D eigenvalue weighted by Crippen LogP contribution is 2.31. The lowest BCUT2D eigenvalue weighted by Gasteiger charge is -2.07. The SMILES string of the molecule is O=C(O)c1ccnc(-c2ccc(Cl)cc2Cl)c1F. The number of halogens is 3. The molecule has 3 nitrogen and oxygen atoms in total. The minimum Gasteiger partial charge on any atom is -0.478 e. The topological polar surface area (TPSA) is 50.2 Å². The Labute approximate surface area is 112 Å². The molecular formula is C12H6Cl2FNO2. The molecule has 0 aliphatic carbocycles. The monoisotopic (exact) mass is 285 g/mol. The third-order valence-electron chi connectivity index (χ3n) is 2.31. The van der Waals surface area contributed by atoms with Crippen molar-refractivity contribution in [3.05, 3.63) is 51.9 Å². The largest absolute Gasteiger partial charge is 0.478 e. The van der Waals surface area contributed by atoms with Gasteiger partial charge in [0.05, 0.1) is 10.6 Å². The van der Waals surface area contributed by atoms with E-state index in [4.69, 9.17) is 28.3 Å². The van der Waals surface area contributed by atoms with Crippen LogP contribution in [0.3, 0.4) is 0 Å². The van der Waals surface area contributed by atoms with Gasteiger partial charge in [0.25, 0.3) is 0 Å². The number of hydrogen-bond acceptors (Lipinski definition) is 2. The molecular weight excluding hydrogens is 280 g/mol. The molecule has 6 heteroatoms. The van der Waals surface area contributed by atoms with Crippen LogP contribution in [-0.2, 0) is 0 Å². The van der Waals surface area contributed by atoms with Crippen molar-refractivity contribution < 1.29 is 14.3 Å². The summed E-state index contributed by atoms with van der Waals surface area (Å²) in [6.07, 6.45) is 1.22. The summed E-state index contributed by atoms with van der Waals surface area (Å²) in [5.74, 6) is -2.28. The van der Waals surface area contributed by atoms with Crippen molar-refractivity contribution in [3.63, 3.8) is 0 Å². The lowest BCUT2D eigenvalue weighted by atomic mass is 10.1. The Morgan fingerprint density at radius 3 is 2.61 bits per heavy atom. The zero-order chi connectivity index (χ0) is 13.3. The maximum Gasteiger partial charge on any atom is 0.338 e. The van der Waals surface area contributed by atoms with E-state index in [0.717, 1.165) is 6.07 Å². The molecule has 0 bridgehead atoms. The Morgan fingerprint density at radius 1 is 1.28 bits per heavy atom. The first-order valence-corrected chi connectivity index (χ1v) is 5.59. The van der Waals surface area contributed by atoms with E-state index in [1.54, 1.807) is 0 Å². The molecule has 1 heterocycles. The number of carbonyl (C=O) groups is 1. The highest BCUT2D eigenvalue weighted by molar-refractivity contribution is 6.36. The molecule has 0 saturated carbocycles. The number of carboxylic acids is 1. The standard InChI is InChI=1S/C12H6Cl2FNO2/c13-6-1-2-7(9(14)5-6)11-10(15)8(12(17)18)3-4-16-11/h1-5H,(H,17,18). The van der Waals surface area contributed by atoms with Crippen LogP contribution in [0.2, 0.25) is 10.0 Å². The summed E-state index contributed by atoms with van der Waals surface area (Å²) in [6, 6.07) is 5.54. The first kappa shape index (κ1) is 12.8. The molecule has 1 aromatic heterocycles. The minimum atomic E-state index is -1.36. The van der Waals surface area contributed by atoms with Gasteiger partial charge in [-0.2, -0.15) is 0 Å². The van der Waals surface area contributed by atoms with E-state index in [-0.39, 0.29) is 10.7 Å². The molecule has 0 spiro atoms. The van der Waals surface area contributed by atoms with Crippen molar-refractivity contribution in [3.8, 4) is 11.3 Å². The Morgan fingerprint density at radius 2 is 2.00 bits per heavy atom. The highest BCUT2D eigenvalue weighted by atomic mass is 35.5. The number of pyridine rings is 1. The van der Waals surface area contributed by atoms with Gasteiger partial charge in [0.15, 0.2) is 5.82 Å². The molecule has 0 aliphatic rings. The maximum atomic E-state index is 14.0. The lowest BCUT2D eigenvalue weighted by molar-refractivity contribution is 0.0692. The number of hydrogen-bond donors (Lipinski definition) is 1. The lowest BCUT2D eigenvalue weighted by Crippen LogP contribution is -2.03. The fourth-order valence-corrected chi connectivity index (χ4v) is 1.98. The number of carboxylic acid groups (broad SMARTS) is 1. The van der Waals surface area contributed by atoms with Gasteiger partial charge in [-0.25, -0.2) is 9.18 Å². The molecule has 92 valence electrons. The second-order valence-corrected chi connectivity index (χ2v) is 4.29. The molecule has 0 fully saturated rings. The van der Waals surface area contributed by atoms with Gasteiger partial charge in [-0.1, -0.05) is 23.2 Å². The number of aromatic carboxylic acids is 1. The van der Waals surface area contributed by atoms with Crippen LogP contribution in [0.4, 0.5) is 4.39 Å².